The van der Waals surface area contributed by atoms with Gasteiger partial charge in [-0.3, -0.25) is 0 Å². The van der Waals surface area contributed by atoms with Gasteiger partial charge in [0.25, 0.3) is 0 Å². The van der Waals surface area contributed by atoms with Gasteiger partial charge in [0.15, 0.2) is 0 Å². The Kier molecular flexibility index (Phi) is 7.21. The van der Waals surface area contributed by atoms with E-state index in [9.17, 15) is 0 Å². The van der Waals surface area contributed by atoms with Crippen molar-refractivity contribution in [1.29, 1.82) is 0 Å². The molecule has 0 aromatic rings. The summed E-state index contributed by atoms with van der Waals surface area (Å²) in [6, 6.07) is 0. The number of hydrogen-bond acceptors (Lipinski definition) is 0. The molecule has 0 aromatic carbocycles. The molecule has 0 spiro atoms. The lowest BCUT2D eigenvalue weighted by Crippen LogP contribution is -3.13. The van der Waals surface area contributed by atoms with E-state index in [0.717, 1.165) is 23.7 Å². The molecule has 0 atom stereocenters. The number of piperidine rings is 2. The Balaban J connectivity index is 1.32. The first-order chi connectivity index (χ1) is 11.7. The predicted octanol–water partition coefficient (Wildman–Crippen LogP) is 1.98. The number of quaternary nitrogens is 2. The molecule has 3 rings (SSSR count). The second-order valence-electron chi connectivity index (χ2n) is 9.27. The molecule has 0 radical (unpaired) electrons. The number of nitrogens with one attached hydrogen (secondary N) is 2. The lowest BCUT2D eigenvalue weighted by atomic mass is 9.80. The zero-order valence-electron chi connectivity index (χ0n) is 16.4. The molecular weight excluding hydrogens is 292 g/mol. The van der Waals surface area contributed by atoms with Crippen molar-refractivity contribution in [2.75, 3.05) is 39.8 Å². The van der Waals surface area contributed by atoms with Crippen LogP contribution in [0.5, 0.6) is 0 Å². The molecule has 0 aromatic heterocycles. The van der Waals surface area contributed by atoms with Crippen LogP contribution in [0.2, 0.25) is 0 Å². The molecule has 138 valence electrons. The summed E-state index contributed by atoms with van der Waals surface area (Å²) in [6.45, 7) is 9.46. The van der Waals surface area contributed by atoms with Crippen LogP contribution in [0.3, 0.4) is 0 Å². The summed E-state index contributed by atoms with van der Waals surface area (Å²) >= 11 is 0. The quantitative estimate of drug-likeness (QED) is 0.712. The summed E-state index contributed by atoms with van der Waals surface area (Å²) in [7, 11) is 2.34. The molecular formula is C22H42N2+2. The van der Waals surface area contributed by atoms with Crippen LogP contribution < -0.4 is 9.80 Å². The van der Waals surface area contributed by atoms with Gasteiger partial charge in [0.2, 0.25) is 0 Å². The predicted molar refractivity (Wildman–Crippen MR) is 103 cm³/mol. The molecule has 0 bridgehead atoms. The van der Waals surface area contributed by atoms with Gasteiger partial charge in [-0.1, -0.05) is 25.5 Å². The van der Waals surface area contributed by atoms with Crippen LogP contribution >= 0.6 is 0 Å². The maximum Gasteiger partial charge on any atom is 0.0799 e. The average molecular weight is 335 g/mol. The minimum atomic E-state index is 0.882. The van der Waals surface area contributed by atoms with Gasteiger partial charge in [0.1, 0.15) is 0 Å². The summed E-state index contributed by atoms with van der Waals surface area (Å²) in [5.41, 5.74) is 0. The second-order valence-corrected chi connectivity index (χ2v) is 9.27. The highest BCUT2D eigenvalue weighted by atomic mass is 15.1. The highest BCUT2D eigenvalue weighted by Gasteiger charge is 2.27. The first-order valence-corrected chi connectivity index (χ1v) is 11.1. The van der Waals surface area contributed by atoms with Gasteiger partial charge in [-0.25, -0.2) is 0 Å². The number of hydrogen-bond donors (Lipinski definition) is 2. The molecule has 2 heterocycles. The minimum absolute atomic E-state index is 0.882. The molecule has 3 fully saturated rings. The van der Waals surface area contributed by atoms with Gasteiger partial charge in [-0.2, -0.15) is 0 Å². The molecule has 2 saturated heterocycles. The van der Waals surface area contributed by atoms with Crippen molar-refractivity contribution < 1.29 is 9.80 Å². The van der Waals surface area contributed by atoms with Gasteiger partial charge in [-0.05, 0) is 43.4 Å². The largest absolute Gasteiger partial charge is 0.337 e. The van der Waals surface area contributed by atoms with Crippen molar-refractivity contribution >= 4 is 0 Å². The maximum absolute atomic E-state index is 2.61. The smallest absolute Gasteiger partial charge is 0.0799 e. The second kappa shape index (κ2) is 9.38. The monoisotopic (exact) mass is 334 g/mol. The van der Waals surface area contributed by atoms with E-state index in [-0.39, 0.29) is 0 Å². The fourth-order valence-electron chi connectivity index (χ4n) is 5.34. The minimum Gasteiger partial charge on any atom is -0.337 e. The molecule has 2 N–H and O–H groups in total. The Morgan fingerprint density at radius 1 is 0.708 bits per heavy atom. The Morgan fingerprint density at radius 3 is 1.75 bits per heavy atom. The van der Waals surface area contributed by atoms with E-state index in [1.807, 2.05) is 4.90 Å². The summed E-state index contributed by atoms with van der Waals surface area (Å²) in [4.78, 5) is 3.65. The molecule has 2 aliphatic heterocycles. The third-order valence-electron chi connectivity index (χ3n) is 7.40. The molecule has 3 aliphatic rings. The number of allylic oxidation sites excluding steroid dienone is 2. The summed E-state index contributed by atoms with van der Waals surface area (Å²) in [5.74, 6) is 3.86. The summed E-state index contributed by atoms with van der Waals surface area (Å²) in [6.07, 6.45) is 18.4. The van der Waals surface area contributed by atoms with Crippen molar-refractivity contribution in [2.45, 2.75) is 64.7 Å². The van der Waals surface area contributed by atoms with Gasteiger partial charge in [0, 0.05) is 31.6 Å². The van der Waals surface area contributed by atoms with E-state index in [2.05, 4.69) is 26.1 Å². The molecule has 2 heteroatoms. The van der Waals surface area contributed by atoms with Crippen LogP contribution in [0.1, 0.15) is 64.7 Å². The van der Waals surface area contributed by atoms with Crippen LogP contribution in [0.4, 0.5) is 0 Å². The number of likely N-dealkylation sites (tertiary alicyclic amines) is 2. The molecule has 0 unspecified atom stereocenters. The van der Waals surface area contributed by atoms with Crippen molar-refractivity contribution in [2.24, 2.45) is 23.7 Å². The Bertz CT molecular complexity index is 367. The van der Waals surface area contributed by atoms with Crippen molar-refractivity contribution in [3.8, 4) is 0 Å². The Hall–Kier alpha value is -0.340. The average Bonchev–Trinajstić information content (AvgIpc) is 2.63. The van der Waals surface area contributed by atoms with Crippen LogP contribution in [-0.2, 0) is 0 Å². The van der Waals surface area contributed by atoms with E-state index in [1.165, 1.54) is 90.5 Å². The van der Waals surface area contributed by atoms with Crippen molar-refractivity contribution in [3.63, 3.8) is 0 Å². The zero-order valence-corrected chi connectivity index (χ0v) is 16.4. The van der Waals surface area contributed by atoms with Gasteiger partial charge >= 0.3 is 0 Å². The lowest BCUT2D eigenvalue weighted by molar-refractivity contribution is -0.909. The van der Waals surface area contributed by atoms with Crippen molar-refractivity contribution in [3.05, 3.63) is 12.2 Å². The van der Waals surface area contributed by atoms with E-state index in [4.69, 9.17) is 0 Å². The Morgan fingerprint density at radius 2 is 1.21 bits per heavy atom. The normalized spacial score (nSPS) is 41.6. The topological polar surface area (TPSA) is 8.88 Å². The van der Waals surface area contributed by atoms with E-state index in [1.54, 1.807) is 4.90 Å². The highest BCUT2D eigenvalue weighted by Crippen LogP contribution is 2.29. The van der Waals surface area contributed by atoms with Gasteiger partial charge in [0.05, 0.1) is 39.8 Å². The summed E-state index contributed by atoms with van der Waals surface area (Å²) < 4.78 is 0. The zero-order chi connectivity index (χ0) is 16.8. The van der Waals surface area contributed by atoms with Gasteiger partial charge in [-0.15, -0.1) is 0 Å². The lowest BCUT2D eigenvalue weighted by Gasteiger charge is -2.33. The fourth-order valence-corrected chi connectivity index (χ4v) is 5.34. The van der Waals surface area contributed by atoms with E-state index in [0.29, 0.717) is 0 Å². The van der Waals surface area contributed by atoms with E-state index >= 15 is 0 Å². The highest BCUT2D eigenvalue weighted by molar-refractivity contribution is 4.94. The van der Waals surface area contributed by atoms with Crippen LogP contribution in [0.25, 0.3) is 0 Å². The molecule has 0 amide bonds. The third kappa shape index (κ3) is 5.59. The Labute approximate surface area is 150 Å². The standard InChI is InChI=1S/C22H40N2/c1-3-19-4-8-22(9-5-19)18-24-16-12-21(13-17-24)7-6-20-10-14-23(2)15-11-20/h6-7,19-22H,3-5,8-18H2,1-2H3/p+2. The maximum atomic E-state index is 2.61. The fraction of sp³-hybridized carbons (Fsp3) is 0.909. The number of rotatable bonds is 5. The molecule has 2 nitrogen and oxygen atoms in total. The molecule has 24 heavy (non-hydrogen) atoms. The van der Waals surface area contributed by atoms with Gasteiger partial charge < -0.3 is 9.80 Å². The first-order valence-electron chi connectivity index (χ1n) is 11.1. The molecule has 1 aliphatic carbocycles. The van der Waals surface area contributed by atoms with Crippen LogP contribution in [-0.4, -0.2) is 39.8 Å². The van der Waals surface area contributed by atoms with Crippen LogP contribution in [0, 0.1) is 23.7 Å². The van der Waals surface area contributed by atoms with Crippen molar-refractivity contribution in [1.82, 2.24) is 0 Å². The molecule has 1 saturated carbocycles. The van der Waals surface area contributed by atoms with Crippen LogP contribution in [0.15, 0.2) is 12.2 Å². The SMILES string of the molecule is CCC1CCC(C[NH+]2CCC(C=CC3CC[NH+](C)CC3)CC2)CC1. The van der Waals surface area contributed by atoms with E-state index < -0.39 is 0 Å². The third-order valence-corrected chi connectivity index (χ3v) is 7.40. The first kappa shape index (κ1) is 18.5. The summed E-state index contributed by atoms with van der Waals surface area (Å²) in [5, 5.41) is 0.